The molecule has 8 nitrogen and oxygen atoms in total. The lowest BCUT2D eigenvalue weighted by Gasteiger charge is -2.22. The predicted octanol–water partition coefficient (Wildman–Crippen LogP) is -2.14. The van der Waals surface area contributed by atoms with E-state index in [-0.39, 0.29) is 24.3 Å². The molecule has 0 aromatic heterocycles. The van der Waals surface area contributed by atoms with E-state index in [1.807, 2.05) is 0 Å². The molecule has 8 heteroatoms. The number of nitrogens with zero attached hydrogens (tertiary/aromatic N) is 1. The van der Waals surface area contributed by atoms with Gasteiger partial charge in [0, 0.05) is 13.0 Å². The third-order valence-corrected chi connectivity index (χ3v) is 3.63. The van der Waals surface area contributed by atoms with Gasteiger partial charge in [0.2, 0.25) is 23.6 Å². The maximum Gasteiger partial charge on any atom is 0.243 e. The fraction of sp³-hybridized carbons (Fsp3) is 0.667. The predicted molar refractivity (Wildman–Crippen MR) is 68.1 cm³/mol. The summed E-state index contributed by atoms with van der Waals surface area (Å²) in [6, 6.07) is -1.15. The Kier molecular flexibility index (Phi) is 4.21. The van der Waals surface area contributed by atoms with Gasteiger partial charge in [0.25, 0.3) is 0 Å². The highest BCUT2D eigenvalue weighted by Crippen LogP contribution is 2.16. The Balaban J connectivity index is 1.81. The molecule has 0 radical (unpaired) electrons. The van der Waals surface area contributed by atoms with Gasteiger partial charge < -0.3 is 21.3 Å². The minimum atomic E-state index is -0.578. The monoisotopic (exact) mass is 282 g/mol. The lowest BCUT2D eigenvalue weighted by Crippen LogP contribution is -2.49. The van der Waals surface area contributed by atoms with Crippen molar-refractivity contribution >= 4 is 23.6 Å². The van der Waals surface area contributed by atoms with Crippen molar-refractivity contribution < 1.29 is 19.2 Å². The van der Waals surface area contributed by atoms with Crippen LogP contribution in [0.1, 0.15) is 25.7 Å². The van der Waals surface area contributed by atoms with Gasteiger partial charge in [0.1, 0.15) is 12.1 Å². The van der Waals surface area contributed by atoms with Crippen LogP contribution < -0.4 is 16.4 Å². The van der Waals surface area contributed by atoms with Crippen molar-refractivity contribution in [3.8, 4) is 0 Å². The standard InChI is InChI=1S/C12H18N4O4/c13-11(19)8-2-1-5-16(8)10(18)6-14-12(20)7-3-4-9(17)15-7/h7-8H,1-6H2,(H2,13,19)(H,14,20)(H,15,17)/t7-,8-/m0/s1. The van der Waals surface area contributed by atoms with E-state index in [1.165, 1.54) is 4.90 Å². The Labute approximate surface area is 116 Å². The molecule has 0 aromatic carbocycles. The van der Waals surface area contributed by atoms with Crippen molar-refractivity contribution in [2.24, 2.45) is 5.73 Å². The second kappa shape index (κ2) is 5.89. The summed E-state index contributed by atoms with van der Waals surface area (Å²) in [5, 5.41) is 5.01. The third kappa shape index (κ3) is 3.06. The average Bonchev–Trinajstić information content (AvgIpc) is 3.03. The minimum Gasteiger partial charge on any atom is -0.368 e. The third-order valence-electron chi connectivity index (χ3n) is 3.63. The first-order valence-corrected chi connectivity index (χ1v) is 6.65. The number of carbonyl (C=O) groups is 4. The summed E-state index contributed by atoms with van der Waals surface area (Å²) >= 11 is 0. The molecule has 2 fully saturated rings. The number of nitrogens with one attached hydrogen (secondary N) is 2. The van der Waals surface area contributed by atoms with E-state index in [2.05, 4.69) is 10.6 Å². The van der Waals surface area contributed by atoms with Gasteiger partial charge in [-0.25, -0.2) is 0 Å². The van der Waals surface area contributed by atoms with Crippen molar-refractivity contribution in [3.63, 3.8) is 0 Å². The van der Waals surface area contributed by atoms with E-state index in [9.17, 15) is 19.2 Å². The molecule has 0 bridgehead atoms. The quantitative estimate of drug-likeness (QED) is 0.544. The molecule has 0 spiro atoms. The van der Waals surface area contributed by atoms with Crippen LogP contribution in [-0.4, -0.2) is 53.7 Å². The highest BCUT2D eigenvalue weighted by atomic mass is 16.2. The van der Waals surface area contributed by atoms with E-state index < -0.39 is 18.0 Å². The van der Waals surface area contributed by atoms with Gasteiger partial charge in [-0.2, -0.15) is 0 Å². The summed E-state index contributed by atoms with van der Waals surface area (Å²) < 4.78 is 0. The van der Waals surface area contributed by atoms with Crippen LogP contribution in [0.5, 0.6) is 0 Å². The van der Waals surface area contributed by atoms with E-state index in [0.29, 0.717) is 25.8 Å². The Morgan fingerprint density at radius 3 is 2.70 bits per heavy atom. The number of hydrogen-bond donors (Lipinski definition) is 3. The van der Waals surface area contributed by atoms with E-state index in [1.54, 1.807) is 0 Å². The number of primary amides is 1. The summed E-state index contributed by atoms with van der Waals surface area (Å²) in [5.74, 6) is -1.39. The topological polar surface area (TPSA) is 122 Å². The van der Waals surface area contributed by atoms with Crippen LogP contribution >= 0.6 is 0 Å². The number of nitrogens with two attached hydrogens (primary N) is 1. The van der Waals surface area contributed by atoms with Gasteiger partial charge in [0.15, 0.2) is 0 Å². The van der Waals surface area contributed by atoms with Crippen LogP contribution in [0.25, 0.3) is 0 Å². The van der Waals surface area contributed by atoms with E-state index in [0.717, 1.165) is 6.42 Å². The second-order valence-electron chi connectivity index (χ2n) is 5.02. The van der Waals surface area contributed by atoms with Crippen LogP contribution in [0, 0.1) is 0 Å². The maximum atomic E-state index is 12.0. The molecule has 4 amide bonds. The first kappa shape index (κ1) is 14.3. The van der Waals surface area contributed by atoms with Gasteiger partial charge in [-0.3, -0.25) is 19.2 Å². The minimum absolute atomic E-state index is 0.162. The lowest BCUT2D eigenvalue weighted by atomic mass is 10.2. The lowest BCUT2D eigenvalue weighted by molar-refractivity contribution is -0.137. The first-order chi connectivity index (χ1) is 9.49. The highest BCUT2D eigenvalue weighted by molar-refractivity contribution is 5.94. The Hall–Kier alpha value is -2.12. The smallest absolute Gasteiger partial charge is 0.243 e. The largest absolute Gasteiger partial charge is 0.368 e. The highest BCUT2D eigenvalue weighted by Gasteiger charge is 2.33. The molecule has 2 aliphatic rings. The van der Waals surface area contributed by atoms with Gasteiger partial charge >= 0.3 is 0 Å². The molecule has 20 heavy (non-hydrogen) atoms. The molecular weight excluding hydrogens is 264 g/mol. The number of amides is 4. The van der Waals surface area contributed by atoms with Crippen molar-refractivity contribution in [2.75, 3.05) is 13.1 Å². The van der Waals surface area contributed by atoms with Gasteiger partial charge in [-0.05, 0) is 19.3 Å². The molecule has 4 N–H and O–H groups in total. The average molecular weight is 282 g/mol. The summed E-state index contributed by atoms with van der Waals surface area (Å²) in [7, 11) is 0. The molecule has 2 saturated heterocycles. The summed E-state index contributed by atoms with van der Waals surface area (Å²) in [6.07, 6.45) is 2.05. The molecule has 110 valence electrons. The Bertz CT molecular complexity index is 451. The van der Waals surface area contributed by atoms with E-state index in [4.69, 9.17) is 5.73 Å². The number of hydrogen-bond acceptors (Lipinski definition) is 4. The second-order valence-corrected chi connectivity index (χ2v) is 5.02. The molecule has 2 aliphatic heterocycles. The van der Waals surface area contributed by atoms with E-state index >= 15 is 0 Å². The van der Waals surface area contributed by atoms with Crippen molar-refractivity contribution in [1.82, 2.24) is 15.5 Å². The normalized spacial score (nSPS) is 25.4. The van der Waals surface area contributed by atoms with Gasteiger partial charge in [-0.1, -0.05) is 0 Å². The zero-order chi connectivity index (χ0) is 14.7. The maximum absolute atomic E-state index is 12.0. The molecule has 2 heterocycles. The molecule has 0 saturated carbocycles. The Morgan fingerprint density at radius 1 is 1.35 bits per heavy atom. The molecule has 0 unspecified atom stereocenters. The van der Waals surface area contributed by atoms with Gasteiger partial charge in [-0.15, -0.1) is 0 Å². The van der Waals surface area contributed by atoms with Crippen LogP contribution in [0.15, 0.2) is 0 Å². The fourth-order valence-electron chi connectivity index (χ4n) is 2.56. The summed E-state index contributed by atoms with van der Waals surface area (Å²) in [4.78, 5) is 47.3. The van der Waals surface area contributed by atoms with Crippen LogP contribution in [0.3, 0.4) is 0 Å². The van der Waals surface area contributed by atoms with Crippen LogP contribution in [-0.2, 0) is 19.2 Å². The fourth-order valence-corrected chi connectivity index (χ4v) is 2.56. The summed E-state index contributed by atoms with van der Waals surface area (Å²) in [5.41, 5.74) is 5.23. The molecule has 0 aromatic rings. The van der Waals surface area contributed by atoms with Crippen LogP contribution in [0.2, 0.25) is 0 Å². The van der Waals surface area contributed by atoms with Crippen molar-refractivity contribution in [2.45, 2.75) is 37.8 Å². The van der Waals surface area contributed by atoms with Crippen LogP contribution in [0.4, 0.5) is 0 Å². The zero-order valence-corrected chi connectivity index (χ0v) is 11.1. The van der Waals surface area contributed by atoms with Crippen molar-refractivity contribution in [1.29, 1.82) is 0 Å². The van der Waals surface area contributed by atoms with Crippen molar-refractivity contribution in [3.05, 3.63) is 0 Å². The molecule has 2 atom stereocenters. The number of carbonyl (C=O) groups excluding carboxylic acids is 4. The Morgan fingerprint density at radius 2 is 2.10 bits per heavy atom. The number of rotatable bonds is 4. The molecular formula is C12H18N4O4. The zero-order valence-electron chi connectivity index (χ0n) is 11.1. The summed E-state index contributed by atoms with van der Waals surface area (Å²) in [6.45, 7) is 0.289. The van der Waals surface area contributed by atoms with Gasteiger partial charge in [0.05, 0.1) is 6.54 Å². The molecule has 2 rings (SSSR count). The number of likely N-dealkylation sites (tertiary alicyclic amines) is 1. The SMILES string of the molecule is NC(=O)[C@@H]1CCCN1C(=O)CNC(=O)[C@@H]1CCC(=O)N1. The first-order valence-electron chi connectivity index (χ1n) is 6.65. The molecule has 0 aliphatic carbocycles.